The van der Waals surface area contributed by atoms with Gasteiger partial charge in [-0.1, -0.05) is 46.9 Å². The van der Waals surface area contributed by atoms with Crippen molar-refractivity contribution in [1.82, 2.24) is 14.8 Å². The van der Waals surface area contributed by atoms with E-state index in [1.54, 1.807) is 48.5 Å². The predicted octanol–water partition coefficient (Wildman–Crippen LogP) is 6.29. The number of anilines is 1. The van der Waals surface area contributed by atoms with E-state index < -0.39 is 11.7 Å². The SMILES string of the molecule is O=C(Nc1ccccc1F)c1nc(-c2ccc(Cl)cc2)n(-c2ccc(Cl)c(Cl)c2)n1. The number of carbonyl (C=O) groups is 1. The first-order valence-corrected chi connectivity index (χ1v) is 9.80. The second kappa shape index (κ2) is 8.44. The summed E-state index contributed by atoms with van der Waals surface area (Å²) in [6.07, 6.45) is 0. The molecule has 4 aromatic rings. The van der Waals surface area contributed by atoms with Crippen LogP contribution in [0, 0.1) is 5.82 Å². The summed E-state index contributed by atoms with van der Waals surface area (Å²) in [6, 6.07) is 17.6. The van der Waals surface area contributed by atoms with Gasteiger partial charge in [0.05, 0.1) is 21.4 Å². The Morgan fingerprint density at radius 2 is 1.67 bits per heavy atom. The third-order valence-corrected chi connectivity index (χ3v) is 5.17. The molecule has 0 radical (unpaired) electrons. The Balaban J connectivity index is 1.79. The van der Waals surface area contributed by atoms with Gasteiger partial charge in [-0.2, -0.15) is 0 Å². The number of para-hydroxylation sites is 1. The molecule has 0 aliphatic heterocycles. The minimum atomic E-state index is -0.658. The molecule has 0 unspecified atom stereocenters. The van der Waals surface area contributed by atoms with Gasteiger partial charge >= 0.3 is 0 Å². The Kier molecular flexibility index (Phi) is 5.72. The van der Waals surface area contributed by atoms with Crippen molar-refractivity contribution >= 4 is 46.4 Å². The normalized spacial score (nSPS) is 10.8. The van der Waals surface area contributed by atoms with Crippen LogP contribution in [0.15, 0.2) is 66.7 Å². The van der Waals surface area contributed by atoms with Crippen LogP contribution in [0.3, 0.4) is 0 Å². The third kappa shape index (κ3) is 4.16. The predicted molar refractivity (Wildman–Crippen MR) is 116 cm³/mol. The van der Waals surface area contributed by atoms with Gasteiger partial charge in [0.25, 0.3) is 5.91 Å². The van der Waals surface area contributed by atoms with Gasteiger partial charge < -0.3 is 5.32 Å². The summed E-state index contributed by atoms with van der Waals surface area (Å²) in [5.41, 5.74) is 1.25. The van der Waals surface area contributed by atoms with Gasteiger partial charge in [-0.25, -0.2) is 14.1 Å². The van der Waals surface area contributed by atoms with Crippen molar-refractivity contribution in [3.05, 3.63) is 93.4 Å². The van der Waals surface area contributed by atoms with Gasteiger partial charge in [0, 0.05) is 10.6 Å². The summed E-state index contributed by atoms with van der Waals surface area (Å²) in [4.78, 5) is 17.0. The molecule has 0 atom stereocenters. The highest BCUT2D eigenvalue weighted by Crippen LogP contribution is 2.28. The van der Waals surface area contributed by atoms with Crippen LogP contribution in [0.5, 0.6) is 0 Å². The zero-order valence-electron chi connectivity index (χ0n) is 15.1. The van der Waals surface area contributed by atoms with Gasteiger partial charge in [-0.05, 0) is 54.6 Å². The van der Waals surface area contributed by atoms with Crippen LogP contribution >= 0.6 is 34.8 Å². The molecule has 0 aliphatic rings. The molecule has 0 aliphatic carbocycles. The van der Waals surface area contributed by atoms with Gasteiger partial charge in [0.2, 0.25) is 5.82 Å². The van der Waals surface area contributed by atoms with E-state index in [0.29, 0.717) is 32.1 Å². The fourth-order valence-electron chi connectivity index (χ4n) is 2.73. The summed E-state index contributed by atoms with van der Waals surface area (Å²) in [7, 11) is 0. The largest absolute Gasteiger partial charge is 0.317 e. The van der Waals surface area contributed by atoms with Gasteiger partial charge in [-0.3, -0.25) is 4.79 Å². The topological polar surface area (TPSA) is 59.8 Å². The number of rotatable bonds is 4. The van der Waals surface area contributed by atoms with E-state index in [2.05, 4.69) is 15.4 Å². The maximum atomic E-state index is 13.9. The van der Waals surface area contributed by atoms with Crippen LogP contribution in [-0.2, 0) is 0 Å². The zero-order valence-corrected chi connectivity index (χ0v) is 17.4. The molecule has 1 heterocycles. The first kappa shape index (κ1) is 20.3. The van der Waals surface area contributed by atoms with E-state index in [1.165, 1.54) is 22.9 Å². The molecule has 0 spiro atoms. The quantitative estimate of drug-likeness (QED) is 0.389. The molecule has 4 rings (SSSR count). The first-order valence-electron chi connectivity index (χ1n) is 8.66. The molecule has 0 fully saturated rings. The molecule has 150 valence electrons. The molecule has 0 saturated carbocycles. The van der Waals surface area contributed by atoms with Crippen LogP contribution in [0.1, 0.15) is 10.6 Å². The lowest BCUT2D eigenvalue weighted by Crippen LogP contribution is -2.15. The van der Waals surface area contributed by atoms with Gasteiger partial charge in [-0.15, -0.1) is 5.10 Å². The van der Waals surface area contributed by atoms with E-state index in [9.17, 15) is 9.18 Å². The number of aromatic nitrogens is 3. The maximum absolute atomic E-state index is 13.9. The molecule has 1 aromatic heterocycles. The Bertz CT molecular complexity index is 1240. The molecule has 30 heavy (non-hydrogen) atoms. The van der Waals surface area contributed by atoms with E-state index in [4.69, 9.17) is 34.8 Å². The van der Waals surface area contributed by atoms with Crippen molar-refractivity contribution in [3.8, 4) is 17.1 Å². The van der Waals surface area contributed by atoms with Crippen molar-refractivity contribution in [2.45, 2.75) is 0 Å². The monoisotopic (exact) mass is 460 g/mol. The van der Waals surface area contributed by atoms with Crippen LogP contribution in [0.4, 0.5) is 10.1 Å². The maximum Gasteiger partial charge on any atom is 0.295 e. The molecular formula is C21H12Cl3FN4O. The number of halogens is 4. The number of amides is 1. The average Bonchev–Trinajstić information content (AvgIpc) is 3.18. The number of benzene rings is 3. The summed E-state index contributed by atoms with van der Waals surface area (Å²) < 4.78 is 15.4. The van der Waals surface area contributed by atoms with Crippen molar-refractivity contribution < 1.29 is 9.18 Å². The van der Waals surface area contributed by atoms with E-state index in [-0.39, 0.29) is 11.5 Å². The van der Waals surface area contributed by atoms with Crippen molar-refractivity contribution in [2.24, 2.45) is 0 Å². The molecule has 9 heteroatoms. The zero-order chi connectivity index (χ0) is 21.3. The highest BCUT2D eigenvalue weighted by Gasteiger charge is 2.20. The third-order valence-electron chi connectivity index (χ3n) is 4.18. The second-order valence-corrected chi connectivity index (χ2v) is 7.46. The highest BCUT2D eigenvalue weighted by atomic mass is 35.5. The van der Waals surface area contributed by atoms with Crippen LogP contribution in [0.2, 0.25) is 15.1 Å². The highest BCUT2D eigenvalue weighted by molar-refractivity contribution is 6.42. The number of hydrogen-bond donors (Lipinski definition) is 1. The molecule has 1 amide bonds. The number of nitrogens with one attached hydrogen (secondary N) is 1. The van der Waals surface area contributed by atoms with Crippen LogP contribution in [-0.4, -0.2) is 20.7 Å². The Hall–Kier alpha value is -2.93. The van der Waals surface area contributed by atoms with Crippen molar-refractivity contribution in [3.63, 3.8) is 0 Å². The van der Waals surface area contributed by atoms with E-state index >= 15 is 0 Å². The fraction of sp³-hybridized carbons (Fsp3) is 0. The van der Waals surface area contributed by atoms with E-state index in [0.717, 1.165) is 0 Å². The summed E-state index contributed by atoms with van der Waals surface area (Å²) in [5, 5.41) is 8.05. The standard InChI is InChI=1S/C21H12Cl3FN4O/c22-13-7-5-12(6-8-13)20-27-19(21(30)26-18-4-2-1-3-17(18)25)28-29(20)14-9-10-15(23)16(24)11-14/h1-11H,(H,26,30). The number of nitrogens with zero attached hydrogens (tertiary/aromatic N) is 3. The van der Waals surface area contributed by atoms with E-state index in [1.807, 2.05) is 0 Å². The lowest BCUT2D eigenvalue weighted by Gasteiger charge is -2.07. The molecule has 0 saturated heterocycles. The molecule has 1 N–H and O–H groups in total. The summed E-state index contributed by atoms with van der Waals surface area (Å²) in [6.45, 7) is 0. The second-order valence-electron chi connectivity index (χ2n) is 6.21. The molecule has 3 aromatic carbocycles. The molecule has 5 nitrogen and oxygen atoms in total. The Morgan fingerprint density at radius 3 is 2.37 bits per heavy atom. The minimum Gasteiger partial charge on any atom is -0.317 e. The smallest absolute Gasteiger partial charge is 0.295 e. The van der Waals surface area contributed by atoms with Gasteiger partial charge in [0.1, 0.15) is 5.82 Å². The summed E-state index contributed by atoms with van der Waals surface area (Å²) >= 11 is 18.1. The number of carbonyl (C=O) groups excluding carboxylic acids is 1. The number of hydrogen-bond acceptors (Lipinski definition) is 3. The molecule has 0 bridgehead atoms. The van der Waals surface area contributed by atoms with Gasteiger partial charge in [0.15, 0.2) is 5.82 Å². The van der Waals surface area contributed by atoms with Crippen molar-refractivity contribution in [2.75, 3.05) is 5.32 Å². The first-order chi connectivity index (χ1) is 14.4. The van der Waals surface area contributed by atoms with Crippen molar-refractivity contribution in [1.29, 1.82) is 0 Å². The molecular weight excluding hydrogens is 450 g/mol. The lowest BCUT2D eigenvalue weighted by molar-refractivity contribution is 0.101. The average molecular weight is 462 g/mol. The van der Waals surface area contributed by atoms with Crippen LogP contribution in [0.25, 0.3) is 17.1 Å². The Morgan fingerprint density at radius 1 is 0.933 bits per heavy atom. The summed E-state index contributed by atoms with van der Waals surface area (Å²) in [5.74, 6) is -0.986. The Labute approximate surface area is 186 Å². The van der Waals surface area contributed by atoms with Crippen LogP contribution < -0.4 is 5.32 Å². The fourth-order valence-corrected chi connectivity index (χ4v) is 3.15. The lowest BCUT2D eigenvalue weighted by atomic mass is 10.2. The minimum absolute atomic E-state index is 0.0291.